The Morgan fingerprint density at radius 3 is 2.79 bits per heavy atom. The number of rotatable bonds is 4. The van der Waals surface area contributed by atoms with Gasteiger partial charge in [-0.05, 0) is 45.6 Å². The number of H-pyrrole nitrogens is 1. The van der Waals surface area contributed by atoms with E-state index < -0.39 is 0 Å². The number of hydrogen-bond donors (Lipinski definition) is 1. The van der Waals surface area contributed by atoms with Crippen LogP contribution in [-0.2, 0) is 9.47 Å². The topological polar surface area (TPSA) is 98.4 Å². The van der Waals surface area contributed by atoms with Crippen molar-refractivity contribution in [2.75, 3.05) is 24.7 Å². The lowest BCUT2D eigenvalue weighted by Gasteiger charge is -2.28. The van der Waals surface area contributed by atoms with Gasteiger partial charge in [0.1, 0.15) is 5.82 Å². The third kappa shape index (κ3) is 3.01. The number of nitrogens with zero attached hydrogens (tertiary/aromatic N) is 7. The molecule has 3 aliphatic rings. The van der Waals surface area contributed by atoms with Crippen LogP contribution in [0, 0.1) is 13.8 Å². The van der Waals surface area contributed by atoms with Crippen molar-refractivity contribution in [2.45, 2.75) is 57.9 Å². The van der Waals surface area contributed by atoms with Gasteiger partial charge in [0.05, 0.1) is 47.6 Å². The molecule has 0 radical (unpaired) electrons. The monoisotopic (exact) mass is 460 g/mol. The number of hydrogen-bond acceptors (Lipinski definition) is 7. The van der Waals surface area contributed by atoms with E-state index in [1.165, 1.54) is 0 Å². The summed E-state index contributed by atoms with van der Waals surface area (Å²) >= 11 is 0. The molecule has 3 fully saturated rings. The zero-order chi connectivity index (χ0) is 22.8. The molecule has 0 aliphatic carbocycles. The Bertz CT molecular complexity index is 1350. The number of fused-ring (bicyclic) bond motifs is 3. The second-order valence-corrected chi connectivity index (χ2v) is 9.58. The average molecular weight is 461 g/mol. The molecule has 0 aromatic carbocycles. The first-order chi connectivity index (χ1) is 16.7. The van der Waals surface area contributed by atoms with Gasteiger partial charge >= 0.3 is 0 Å². The third-order valence-corrected chi connectivity index (χ3v) is 7.41. The van der Waals surface area contributed by atoms with E-state index in [2.05, 4.69) is 26.3 Å². The highest BCUT2D eigenvalue weighted by Gasteiger charge is 2.40. The number of aromatic amines is 1. The second kappa shape index (κ2) is 7.64. The minimum absolute atomic E-state index is 0.0545. The summed E-state index contributed by atoms with van der Waals surface area (Å²) in [5.74, 6) is 0.958. The molecule has 0 spiro atoms. The van der Waals surface area contributed by atoms with Crippen molar-refractivity contribution in [2.24, 2.45) is 0 Å². The Kier molecular flexibility index (Phi) is 4.53. The Morgan fingerprint density at radius 2 is 2.06 bits per heavy atom. The van der Waals surface area contributed by atoms with Gasteiger partial charge in [0, 0.05) is 36.7 Å². The Morgan fingerprint density at radius 1 is 1.12 bits per heavy atom. The van der Waals surface area contributed by atoms with Crippen molar-refractivity contribution < 1.29 is 9.47 Å². The molecule has 0 saturated carbocycles. The fourth-order valence-corrected chi connectivity index (χ4v) is 5.74. The summed E-state index contributed by atoms with van der Waals surface area (Å²) in [6.07, 6.45) is 8.23. The average Bonchev–Trinajstić information content (AvgIpc) is 3.68. The van der Waals surface area contributed by atoms with E-state index in [1.807, 2.05) is 41.5 Å². The van der Waals surface area contributed by atoms with E-state index in [4.69, 9.17) is 19.6 Å². The van der Waals surface area contributed by atoms with Gasteiger partial charge in [-0.1, -0.05) is 0 Å². The second-order valence-electron chi connectivity index (χ2n) is 9.58. The van der Waals surface area contributed by atoms with E-state index in [-0.39, 0.29) is 12.3 Å². The van der Waals surface area contributed by atoms with E-state index in [1.54, 1.807) is 0 Å². The van der Waals surface area contributed by atoms with Crippen LogP contribution in [0.3, 0.4) is 0 Å². The molecule has 1 unspecified atom stereocenters. The third-order valence-electron chi connectivity index (χ3n) is 7.41. The molecular weight excluding hydrogens is 432 g/mol. The van der Waals surface area contributed by atoms with Gasteiger partial charge in [0.25, 0.3) is 0 Å². The zero-order valence-electron chi connectivity index (χ0n) is 19.4. The maximum atomic E-state index is 6.04. The van der Waals surface area contributed by atoms with E-state index in [9.17, 15) is 0 Å². The van der Waals surface area contributed by atoms with Gasteiger partial charge in [-0.3, -0.25) is 5.10 Å². The molecule has 34 heavy (non-hydrogen) atoms. The van der Waals surface area contributed by atoms with Crippen LogP contribution in [0.1, 0.15) is 43.3 Å². The summed E-state index contributed by atoms with van der Waals surface area (Å²) < 4.78 is 15.8. The molecule has 7 heterocycles. The summed E-state index contributed by atoms with van der Waals surface area (Å²) in [6, 6.07) is 4.55. The van der Waals surface area contributed by atoms with Crippen LogP contribution in [0.4, 0.5) is 5.82 Å². The quantitative estimate of drug-likeness (QED) is 0.499. The molecule has 0 amide bonds. The van der Waals surface area contributed by atoms with Crippen molar-refractivity contribution >= 4 is 11.5 Å². The molecule has 3 saturated heterocycles. The lowest BCUT2D eigenvalue weighted by atomic mass is 10.1. The van der Waals surface area contributed by atoms with Crippen LogP contribution >= 0.6 is 0 Å². The summed E-state index contributed by atoms with van der Waals surface area (Å²) in [5.41, 5.74) is 6.75. The first-order valence-corrected chi connectivity index (χ1v) is 12.1. The predicted molar refractivity (Wildman–Crippen MR) is 126 cm³/mol. The molecular formula is C24H28N8O2. The highest BCUT2D eigenvalue weighted by Crippen LogP contribution is 2.37. The predicted octanol–water partition coefficient (Wildman–Crippen LogP) is 3.28. The van der Waals surface area contributed by atoms with E-state index in [0.29, 0.717) is 6.04 Å². The number of aryl methyl sites for hydroxylation is 2. The maximum Gasteiger partial charge on any atom is 0.167 e. The molecule has 3 aliphatic heterocycles. The smallest absolute Gasteiger partial charge is 0.167 e. The molecule has 1 N–H and O–H groups in total. The van der Waals surface area contributed by atoms with Gasteiger partial charge in [-0.25, -0.2) is 14.2 Å². The van der Waals surface area contributed by atoms with Crippen molar-refractivity contribution in [3.63, 3.8) is 0 Å². The first kappa shape index (κ1) is 20.2. The minimum atomic E-state index is -0.0545. The summed E-state index contributed by atoms with van der Waals surface area (Å²) in [5, 5.41) is 17.0. The number of anilines is 1. The Balaban J connectivity index is 1.42. The lowest BCUT2D eigenvalue weighted by Crippen LogP contribution is -2.37. The SMILES string of the molecule is Cc1n[nH]c(C)c1-c1cc(N2C[C@@H]3C[C@H]2CO3)nc2c(-c3ccnn3C3CCCCO3)cnn12. The Labute approximate surface area is 196 Å². The van der Waals surface area contributed by atoms with Crippen LogP contribution in [0.2, 0.25) is 0 Å². The van der Waals surface area contributed by atoms with Crippen LogP contribution < -0.4 is 4.90 Å². The maximum absolute atomic E-state index is 6.04. The van der Waals surface area contributed by atoms with Gasteiger partial charge in [0.2, 0.25) is 0 Å². The number of morpholine rings is 1. The highest BCUT2D eigenvalue weighted by atomic mass is 16.5. The summed E-state index contributed by atoms with van der Waals surface area (Å²) in [4.78, 5) is 7.56. The molecule has 4 aromatic heterocycles. The van der Waals surface area contributed by atoms with E-state index >= 15 is 0 Å². The van der Waals surface area contributed by atoms with Crippen molar-refractivity contribution in [1.82, 2.24) is 34.6 Å². The van der Waals surface area contributed by atoms with Crippen LogP contribution in [-0.4, -0.2) is 66.5 Å². The zero-order valence-corrected chi connectivity index (χ0v) is 19.4. The Hall–Kier alpha value is -3.24. The summed E-state index contributed by atoms with van der Waals surface area (Å²) in [7, 11) is 0. The number of aromatic nitrogens is 7. The standard InChI is InChI=1S/C24H28N8O2/c1-14-23(15(2)29-28-14)20-10-21(30-12-17-9-16(30)13-34-17)27-24-18(11-26-32(20)24)19-6-7-25-31(19)22-5-3-4-8-33-22/h6-7,10-11,16-17,22H,3-5,8-9,12-13H2,1-2H3,(H,28,29)/t16-,17-,22?/m0/s1. The van der Waals surface area contributed by atoms with Gasteiger partial charge in [0.15, 0.2) is 11.9 Å². The molecule has 3 atom stereocenters. The van der Waals surface area contributed by atoms with Crippen LogP contribution in [0.25, 0.3) is 28.2 Å². The van der Waals surface area contributed by atoms with Crippen molar-refractivity contribution in [3.05, 3.63) is 35.9 Å². The normalized spacial score (nSPS) is 24.5. The lowest BCUT2D eigenvalue weighted by molar-refractivity contribution is -0.0383. The largest absolute Gasteiger partial charge is 0.374 e. The van der Waals surface area contributed by atoms with Crippen LogP contribution in [0.5, 0.6) is 0 Å². The number of ether oxygens (including phenoxy) is 2. The van der Waals surface area contributed by atoms with Crippen molar-refractivity contribution in [1.29, 1.82) is 0 Å². The van der Waals surface area contributed by atoms with Crippen molar-refractivity contribution in [3.8, 4) is 22.5 Å². The summed E-state index contributed by atoms with van der Waals surface area (Å²) in [6.45, 7) is 6.47. The minimum Gasteiger partial charge on any atom is -0.374 e. The van der Waals surface area contributed by atoms with E-state index in [0.717, 1.165) is 90.8 Å². The fourth-order valence-electron chi connectivity index (χ4n) is 5.74. The molecule has 4 aromatic rings. The molecule has 176 valence electrons. The number of nitrogens with one attached hydrogen (secondary N) is 1. The van der Waals surface area contributed by atoms with Gasteiger partial charge in [-0.2, -0.15) is 15.3 Å². The van der Waals surface area contributed by atoms with Gasteiger partial charge < -0.3 is 14.4 Å². The molecule has 7 rings (SSSR count). The first-order valence-electron chi connectivity index (χ1n) is 12.1. The fraction of sp³-hybridized carbons (Fsp3) is 0.500. The molecule has 10 nitrogen and oxygen atoms in total. The molecule has 2 bridgehead atoms. The highest BCUT2D eigenvalue weighted by molar-refractivity contribution is 5.80. The van der Waals surface area contributed by atoms with Crippen LogP contribution in [0.15, 0.2) is 24.5 Å². The van der Waals surface area contributed by atoms with Gasteiger partial charge in [-0.15, -0.1) is 0 Å². The molecule has 10 heteroatoms.